The Morgan fingerprint density at radius 1 is 1.17 bits per heavy atom. The monoisotopic (exact) mass is 432 g/mol. The fraction of sp³-hybridized carbons (Fsp3) is 0.318. The van der Waals surface area contributed by atoms with Crippen LogP contribution in [-0.2, 0) is 14.8 Å². The highest BCUT2D eigenvalue weighted by Gasteiger charge is 2.27. The van der Waals surface area contributed by atoms with Crippen molar-refractivity contribution in [2.45, 2.75) is 31.1 Å². The topological polar surface area (TPSA) is 75.7 Å². The van der Waals surface area contributed by atoms with Crippen LogP contribution >= 0.6 is 0 Å². The predicted molar refractivity (Wildman–Crippen MR) is 114 cm³/mol. The number of hydrogen-bond donors (Lipinski definition) is 1. The minimum absolute atomic E-state index is 0.0984. The van der Waals surface area contributed by atoms with Gasteiger partial charge in [-0.05, 0) is 50.1 Å². The molecule has 3 rings (SSSR count). The zero-order chi connectivity index (χ0) is 21.6. The minimum atomic E-state index is -3.65. The van der Waals surface area contributed by atoms with Gasteiger partial charge in [0.15, 0.2) is 0 Å². The summed E-state index contributed by atoms with van der Waals surface area (Å²) in [6.45, 7) is 3.12. The molecule has 0 spiro atoms. The molecule has 1 amide bonds. The highest BCUT2D eigenvalue weighted by molar-refractivity contribution is 7.89. The molecule has 160 valence electrons. The molecule has 1 aliphatic rings. The number of ether oxygens (including phenoxy) is 1. The maximum absolute atomic E-state index is 13.7. The van der Waals surface area contributed by atoms with E-state index in [2.05, 4.69) is 5.32 Å². The fourth-order valence-electron chi connectivity index (χ4n) is 3.25. The number of piperidine rings is 1. The molecule has 1 fully saturated rings. The SMILES string of the molecule is CCOc1ccc(S(=O)(=O)N2CCCCC2)cc1NC(=O)/C=C/c1ccccc1F. The van der Waals surface area contributed by atoms with E-state index in [9.17, 15) is 17.6 Å². The number of nitrogens with zero attached hydrogens (tertiary/aromatic N) is 1. The third kappa shape index (κ3) is 5.25. The van der Waals surface area contributed by atoms with Crippen molar-refractivity contribution in [2.75, 3.05) is 25.0 Å². The Morgan fingerprint density at radius 3 is 2.60 bits per heavy atom. The van der Waals surface area contributed by atoms with E-state index in [1.54, 1.807) is 25.1 Å². The average Bonchev–Trinajstić information content (AvgIpc) is 2.75. The smallest absolute Gasteiger partial charge is 0.248 e. The van der Waals surface area contributed by atoms with E-state index in [1.807, 2.05) is 0 Å². The van der Waals surface area contributed by atoms with E-state index < -0.39 is 21.7 Å². The maximum atomic E-state index is 13.7. The number of carbonyl (C=O) groups excluding carboxylic acids is 1. The van der Waals surface area contributed by atoms with Crippen molar-refractivity contribution in [1.29, 1.82) is 0 Å². The van der Waals surface area contributed by atoms with Crippen LogP contribution < -0.4 is 10.1 Å². The Kier molecular flexibility index (Phi) is 7.23. The summed E-state index contributed by atoms with van der Waals surface area (Å²) in [6.07, 6.45) is 5.24. The third-order valence-corrected chi connectivity index (χ3v) is 6.68. The number of amides is 1. The zero-order valence-corrected chi connectivity index (χ0v) is 17.6. The Morgan fingerprint density at radius 2 is 1.90 bits per heavy atom. The van der Waals surface area contributed by atoms with Crippen molar-refractivity contribution in [3.8, 4) is 5.75 Å². The van der Waals surface area contributed by atoms with Gasteiger partial charge in [0, 0.05) is 24.7 Å². The highest BCUT2D eigenvalue weighted by Crippen LogP contribution is 2.30. The number of benzene rings is 2. The van der Waals surface area contributed by atoms with Crippen LogP contribution in [0.25, 0.3) is 6.08 Å². The number of anilines is 1. The first-order valence-corrected chi connectivity index (χ1v) is 11.4. The first kappa shape index (κ1) is 22.0. The molecule has 0 saturated carbocycles. The molecule has 2 aromatic rings. The van der Waals surface area contributed by atoms with Crippen LogP contribution in [0.5, 0.6) is 5.75 Å². The van der Waals surface area contributed by atoms with Crippen molar-refractivity contribution in [2.24, 2.45) is 0 Å². The number of sulfonamides is 1. The molecule has 1 heterocycles. The zero-order valence-electron chi connectivity index (χ0n) is 16.8. The predicted octanol–water partition coefficient (Wildman–Crippen LogP) is 4.05. The van der Waals surface area contributed by atoms with Gasteiger partial charge in [-0.25, -0.2) is 12.8 Å². The molecule has 0 aliphatic carbocycles. The largest absolute Gasteiger partial charge is 0.492 e. The Labute approximate surface area is 176 Å². The summed E-state index contributed by atoms with van der Waals surface area (Å²) < 4.78 is 46.6. The average molecular weight is 433 g/mol. The number of nitrogens with one attached hydrogen (secondary N) is 1. The summed E-state index contributed by atoms with van der Waals surface area (Å²) in [6, 6.07) is 10.5. The van der Waals surface area contributed by atoms with Crippen LogP contribution in [0.15, 0.2) is 53.4 Å². The molecule has 0 aromatic heterocycles. The summed E-state index contributed by atoms with van der Waals surface area (Å²) >= 11 is 0. The summed E-state index contributed by atoms with van der Waals surface area (Å²) in [7, 11) is -3.65. The lowest BCUT2D eigenvalue weighted by Crippen LogP contribution is -2.35. The van der Waals surface area contributed by atoms with Gasteiger partial charge in [0.2, 0.25) is 15.9 Å². The number of carbonyl (C=O) groups is 1. The summed E-state index contributed by atoms with van der Waals surface area (Å²) in [4.78, 5) is 12.5. The molecule has 2 aromatic carbocycles. The van der Waals surface area contributed by atoms with E-state index in [0.29, 0.717) is 25.4 Å². The molecule has 30 heavy (non-hydrogen) atoms. The normalized spacial score (nSPS) is 15.3. The van der Waals surface area contributed by atoms with Gasteiger partial charge >= 0.3 is 0 Å². The Bertz CT molecular complexity index is 1030. The third-order valence-electron chi connectivity index (χ3n) is 4.78. The van der Waals surface area contributed by atoms with Gasteiger partial charge in [-0.15, -0.1) is 0 Å². The van der Waals surface area contributed by atoms with Gasteiger partial charge in [-0.3, -0.25) is 4.79 Å². The second-order valence-corrected chi connectivity index (χ2v) is 8.84. The molecule has 0 atom stereocenters. The van der Waals surface area contributed by atoms with E-state index in [1.165, 1.54) is 40.7 Å². The Balaban J connectivity index is 1.84. The van der Waals surface area contributed by atoms with E-state index >= 15 is 0 Å². The van der Waals surface area contributed by atoms with E-state index in [0.717, 1.165) is 19.3 Å². The molecule has 1 saturated heterocycles. The van der Waals surface area contributed by atoms with Crippen LogP contribution in [-0.4, -0.2) is 38.3 Å². The molecule has 1 N–H and O–H groups in total. The first-order chi connectivity index (χ1) is 14.4. The summed E-state index contributed by atoms with van der Waals surface area (Å²) in [5, 5.41) is 2.64. The second kappa shape index (κ2) is 9.86. The lowest BCUT2D eigenvalue weighted by Gasteiger charge is -2.26. The van der Waals surface area contributed by atoms with Gasteiger partial charge in [0.25, 0.3) is 0 Å². The number of halogens is 1. The van der Waals surface area contributed by atoms with Crippen LogP contribution in [0.3, 0.4) is 0 Å². The summed E-state index contributed by atoms with van der Waals surface area (Å²) in [5.41, 5.74) is 0.525. The van der Waals surface area contributed by atoms with Crippen molar-refractivity contribution in [3.05, 3.63) is 59.9 Å². The summed E-state index contributed by atoms with van der Waals surface area (Å²) in [5.74, 6) is -0.597. The molecular weight excluding hydrogens is 407 g/mol. The highest BCUT2D eigenvalue weighted by atomic mass is 32.2. The van der Waals surface area contributed by atoms with Gasteiger partial charge in [-0.2, -0.15) is 4.31 Å². The molecule has 8 heteroatoms. The minimum Gasteiger partial charge on any atom is -0.492 e. The number of rotatable bonds is 7. The second-order valence-electron chi connectivity index (χ2n) is 6.90. The van der Waals surface area contributed by atoms with Crippen molar-refractivity contribution in [3.63, 3.8) is 0 Å². The van der Waals surface area contributed by atoms with Crippen LogP contribution in [0.4, 0.5) is 10.1 Å². The number of hydrogen-bond acceptors (Lipinski definition) is 4. The molecule has 0 unspecified atom stereocenters. The molecule has 0 bridgehead atoms. The van der Waals surface area contributed by atoms with Crippen molar-refractivity contribution in [1.82, 2.24) is 4.31 Å². The van der Waals surface area contributed by atoms with Crippen LogP contribution in [0.2, 0.25) is 0 Å². The molecule has 6 nitrogen and oxygen atoms in total. The van der Waals surface area contributed by atoms with Gasteiger partial charge in [0.05, 0.1) is 17.2 Å². The quantitative estimate of drug-likeness (QED) is 0.670. The van der Waals surface area contributed by atoms with Crippen LogP contribution in [0, 0.1) is 5.82 Å². The molecule has 0 radical (unpaired) electrons. The first-order valence-electron chi connectivity index (χ1n) is 9.92. The lowest BCUT2D eigenvalue weighted by atomic mass is 10.2. The molecular formula is C22H25FN2O4S. The van der Waals surface area contributed by atoms with E-state index in [-0.39, 0.29) is 16.1 Å². The Hall–Kier alpha value is -2.71. The van der Waals surface area contributed by atoms with Crippen LogP contribution in [0.1, 0.15) is 31.7 Å². The maximum Gasteiger partial charge on any atom is 0.248 e. The fourth-order valence-corrected chi connectivity index (χ4v) is 4.80. The lowest BCUT2D eigenvalue weighted by molar-refractivity contribution is -0.111. The standard InChI is InChI=1S/C22H25FN2O4S/c1-2-29-21-12-11-18(30(27,28)25-14-6-3-7-15-25)16-20(21)24-22(26)13-10-17-8-4-5-9-19(17)23/h4-5,8-13,16H,2-3,6-7,14-15H2,1H3,(H,24,26)/b13-10+. The van der Waals surface area contributed by atoms with E-state index in [4.69, 9.17) is 4.74 Å². The van der Waals surface area contributed by atoms with Gasteiger partial charge in [-0.1, -0.05) is 24.6 Å². The van der Waals surface area contributed by atoms with Crippen molar-refractivity contribution < 1.29 is 22.3 Å². The molecule has 1 aliphatic heterocycles. The van der Waals surface area contributed by atoms with Crippen molar-refractivity contribution >= 4 is 27.7 Å². The van der Waals surface area contributed by atoms with Gasteiger partial charge < -0.3 is 10.1 Å². The van der Waals surface area contributed by atoms with Gasteiger partial charge in [0.1, 0.15) is 11.6 Å².